The van der Waals surface area contributed by atoms with Crippen LogP contribution in [0.4, 0.5) is 0 Å². The number of nitrogens with one attached hydrogen (secondary N) is 2. The van der Waals surface area contributed by atoms with Crippen LogP contribution in [0.3, 0.4) is 0 Å². The van der Waals surface area contributed by atoms with Gasteiger partial charge in [0.2, 0.25) is 0 Å². The zero-order valence-corrected chi connectivity index (χ0v) is 11.5. The summed E-state index contributed by atoms with van der Waals surface area (Å²) >= 11 is 0. The molecule has 1 aliphatic heterocycles. The summed E-state index contributed by atoms with van der Waals surface area (Å²) in [6.07, 6.45) is 6.82. The Hall–Kier alpha value is -0.770. The van der Waals surface area contributed by atoms with Gasteiger partial charge in [0.15, 0.2) is 5.96 Å². The molecule has 3 rings (SSSR count). The van der Waals surface area contributed by atoms with E-state index in [9.17, 15) is 0 Å². The third-order valence-electron chi connectivity index (χ3n) is 4.15. The summed E-state index contributed by atoms with van der Waals surface area (Å²) in [7, 11) is 0. The smallest absolute Gasteiger partial charge is 0.191 e. The largest absolute Gasteiger partial charge is 0.357 e. The Morgan fingerprint density at radius 1 is 1.22 bits per heavy atom. The molecule has 0 aromatic rings. The summed E-state index contributed by atoms with van der Waals surface area (Å²) in [5.74, 6) is 1.81. The van der Waals surface area contributed by atoms with Gasteiger partial charge in [-0.25, -0.2) is 0 Å². The third-order valence-corrected chi connectivity index (χ3v) is 4.15. The van der Waals surface area contributed by atoms with Crippen molar-refractivity contribution in [3.8, 4) is 0 Å². The Labute approximate surface area is 110 Å². The van der Waals surface area contributed by atoms with Crippen LogP contribution >= 0.6 is 0 Å². The molecule has 0 bridgehead atoms. The minimum Gasteiger partial charge on any atom is -0.357 e. The Morgan fingerprint density at radius 2 is 2.06 bits per heavy atom. The number of hydrogen-bond donors (Lipinski definition) is 2. The molecule has 1 atom stereocenters. The van der Waals surface area contributed by atoms with Crippen LogP contribution in [0.2, 0.25) is 0 Å². The molecule has 2 saturated carbocycles. The molecule has 18 heavy (non-hydrogen) atoms. The summed E-state index contributed by atoms with van der Waals surface area (Å²) in [5, 5.41) is 6.84. The van der Waals surface area contributed by atoms with E-state index < -0.39 is 0 Å². The molecular formula is C14H26N4. The van der Waals surface area contributed by atoms with Crippen LogP contribution in [-0.2, 0) is 0 Å². The molecule has 0 aromatic carbocycles. The monoisotopic (exact) mass is 250 g/mol. The molecule has 0 radical (unpaired) electrons. The van der Waals surface area contributed by atoms with Gasteiger partial charge in [-0.2, -0.15) is 0 Å². The van der Waals surface area contributed by atoms with Crippen molar-refractivity contribution >= 4 is 5.96 Å². The lowest BCUT2D eigenvalue weighted by Crippen LogP contribution is -2.39. The van der Waals surface area contributed by atoms with Crippen LogP contribution in [-0.4, -0.2) is 49.1 Å². The first kappa shape index (κ1) is 12.3. The van der Waals surface area contributed by atoms with Gasteiger partial charge in [0.05, 0.1) is 0 Å². The molecule has 2 N–H and O–H groups in total. The highest BCUT2D eigenvalue weighted by atomic mass is 15.2. The molecule has 2 aliphatic carbocycles. The maximum Gasteiger partial charge on any atom is 0.191 e. The molecule has 102 valence electrons. The van der Waals surface area contributed by atoms with Crippen molar-refractivity contribution in [1.29, 1.82) is 0 Å². The van der Waals surface area contributed by atoms with E-state index in [0.29, 0.717) is 6.04 Å². The molecule has 1 unspecified atom stereocenters. The number of guanidine groups is 1. The van der Waals surface area contributed by atoms with Crippen LogP contribution in [0, 0.1) is 5.92 Å². The van der Waals surface area contributed by atoms with Crippen LogP contribution in [0.25, 0.3) is 0 Å². The van der Waals surface area contributed by atoms with Crippen molar-refractivity contribution in [3.05, 3.63) is 0 Å². The highest BCUT2D eigenvalue weighted by Gasteiger charge is 2.34. The maximum atomic E-state index is 4.76. The van der Waals surface area contributed by atoms with E-state index >= 15 is 0 Å². The lowest BCUT2D eigenvalue weighted by atomic mass is 10.1. The van der Waals surface area contributed by atoms with Gasteiger partial charge in [-0.15, -0.1) is 0 Å². The van der Waals surface area contributed by atoms with Crippen LogP contribution in [0.15, 0.2) is 4.99 Å². The molecule has 0 amide bonds. The Bertz CT molecular complexity index is 307. The van der Waals surface area contributed by atoms with Gasteiger partial charge in [0.25, 0.3) is 0 Å². The average molecular weight is 250 g/mol. The fraction of sp³-hybridized carbons (Fsp3) is 0.929. The second kappa shape index (κ2) is 5.47. The molecule has 0 aromatic heterocycles. The van der Waals surface area contributed by atoms with E-state index in [1.54, 1.807) is 0 Å². The zero-order valence-electron chi connectivity index (χ0n) is 11.5. The second-order valence-electron chi connectivity index (χ2n) is 6.02. The van der Waals surface area contributed by atoms with E-state index in [1.165, 1.54) is 45.2 Å². The summed E-state index contributed by atoms with van der Waals surface area (Å²) in [4.78, 5) is 7.43. The number of rotatable bonds is 5. The second-order valence-corrected chi connectivity index (χ2v) is 6.02. The minimum absolute atomic E-state index is 0.689. The van der Waals surface area contributed by atoms with Crippen LogP contribution in [0.5, 0.6) is 0 Å². The molecule has 1 saturated heterocycles. The van der Waals surface area contributed by atoms with E-state index in [-0.39, 0.29) is 0 Å². The van der Waals surface area contributed by atoms with Crippen LogP contribution in [0.1, 0.15) is 39.0 Å². The van der Waals surface area contributed by atoms with Gasteiger partial charge in [-0.3, -0.25) is 4.99 Å². The van der Waals surface area contributed by atoms with Crippen molar-refractivity contribution in [2.45, 2.75) is 51.1 Å². The van der Waals surface area contributed by atoms with E-state index in [2.05, 4.69) is 22.5 Å². The lowest BCUT2D eigenvalue weighted by Gasteiger charge is -2.14. The summed E-state index contributed by atoms with van der Waals surface area (Å²) in [6.45, 7) is 6.66. The maximum absolute atomic E-state index is 4.76. The molecule has 4 heteroatoms. The molecular weight excluding hydrogens is 224 g/mol. The fourth-order valence-electron chi connectivity index (χ4n) is 2.74. The van der Waals surface area contributed by atoms with E-state index in [4.69, 9.17) is 4.99 Å². The Balaban J connectivity index is 1.44. The van der Waals surface area contributed by atoms with Crippen molar-refractivity contribution in [2.75, 3.05) is 26.2 Å². The number of hydrogen-bond acceptors (Lipinski definition) is 2. The van der Waals surface area contributed by atoms with Gasteiger partial charge in [-0.1, -0.05) is 0 Å². The summed E-state index contributed by atoms with van der Waals surface area (Å²) < 4.78 is 0. The molecule has 0 spiro atoms. The summed E-state index contributed by atoms with van der Waals surface area (Å²) in [6, 6.07) is 1.62. The number of aliphatic imine (C=N–C) groups is 1. The molecule has 1 heterocycles. The van der Waals surface area contributed by atoms with E-state index in [1.807, 2.05) is 0 Å². The lowest BCUT2D eigenvalue weighted by molar-refractivity contribution is 0.315. The van der Waals surface area contributed by atoms with E-state index in [0.717, 1.165) is 31.0 Å². The molecule has 4 nitrogen and oxygen atoms in total. The fourth-order valence-corrected chi connectivity index (χ4v) is 2.74. The van der Waals surface area contributed by atoms with Crippen molar-refractivity contribution < 1.29 is 0 Å². The molecule has 3 aliphatic rings. The van der Waals surface area contributed by atoms with Crippen molar-refractivity contribution in [3.63, 3.8) is 0 Å². The topological polar surface area (TPSA) is 39.7 Å². The Kier molecular flexibility index (Phi) is 3.73. The van der Waals surface area contributed by atoms with Crippen molar-refractivity contribution in [2.24, 2.45) is 10.9 Å². The van der Waals surface area contributed by atoms with Gasteiger partial charge in [0.1, 0.15) is 0 Å². The predicted molar refractivity (Wildman–Crippen MR) is 74.8 cm³/mol. The Morgan fingerprint density at radius 3 is 2.72 bits per heavy atom. The van der Waals surface area contributed by atoms with Gasteiger partial charge in [-0.05, 0) is 51.5 Å². The van der Waals surface area contributed by atoms with Gasteiger partial charge >= 0.3 is 0 Å². The zero-order chi connectivity index (χ0) is 12.4. The summed E-state index contributed by atoms with van der Waals surface area (Å²) in [5.41, 5.74) is 0. The van der Waals surface area contributed by atoms with Gasteiger partial charge < -0.3 is 15.5 Å². The predicted octanol–water partition coefficient (Wildman–Crippen LogP) is 1.19. The molecule has 3 fully saturated rings. The highest BCUT2D eigenvalue weighted by Crippen LogP contribution is 2.31. The normalized spacial score (nSPS) is 29.6. The number of likely N-dealkylation sites (tertiary alicyclic amines) is 1. The van der Waals surface area contributed by atoms with Crippen LogP contribution < -0.4 is 10.6 Å². The first-order chi connectivity index (χ1) is 8.85. The number of nitrogens with zero attached hydrogens (tertiary/aromatic N) is 2. The first-order valence-electron chi connectivity index (χ1n) is 7.64. The first-order valence-corrected chi connectivity index (χ1v) is 7.64. The standard InChI is InChI=1S/C14H26N4/c1-2-15-14(17-12-3-4-12)16-9-11-7-8-18(10-11)13-5-6-13/h11-13H,2-10H2,1H3,(H2,15,16,17). The quantitative estimate of drug-likeness (QED) is 0.569. The minimum atomic E-state index is 0.689. The highest BCUT2D eigenvalue weighted by molar-refractivity contribution is 5.80. The SMILES string of the molecule is CCNC(=NCC1CCN(C2CC2)C1)NC1CC1. The van der Waals surface area contributed by atoms with Crippen molar-refractivity contribution in [1.82, 2.24) is 15.5 Å². The average Bonchev–Trinajstić information content (AvgIpc) is 3.28. The third kappa shape index (κ3) is 3.37. The van der Waals surface area contributed by atoms with Gasteiger partial charge in [0, 0.05) is 31.7 Å².